The van der Waals surface area contributed by atoms with Crippen molar-refractivity contribution in [3.8, 4) is 0 Å². The summed E-state index contributed by atoms with van der Waals surface area (Å²) in [4.78, 5) is 0. The van der Waals surface area contributed by atoms with Gasteiger partial charge in [0.15, 0.2) is 0 Å². The number of hydrogen-bond donors (Lipinski definition) is 0. The van der Waals surface area contributed by atoms with Crippen LogP contribution in [0.3, 0.4) is 0 Å². The molecule has 0 amide bonds. The molecule has 0 aliphatic rings. The molecule has 3 heteroatoms. The Morgan fingerprint density at radius 1 is 1.71 bits per heavy atom. The van der Waals surface area contributed by atoms with Crippen molar-refractivity contribution in [2.75, 3.05) is 6.61 Å². The number of ether oxygens (including phenoxy) is 1. The molecule has 1 unspecified atom stereocenters. The molecule has 0 bridgehead atoms. The maximum Gasteiger partial charge on any atom is -0.147 e. The average molecular weight is 310 g/mol. The predicted octanol–water partition coefficient (Wildman–Crippen LogP) is 1.34. The van der Waals surface area contributed by atoms with Gasteiger partial charge in [-0.15, -0.1) is 12.4 Å². The van der Waals surface area contributed by atoms with Crippen LogP contribution in [0.15, 0.2) is 0 Å². The molecule has 0 spiro atoms. The molecule has 1 nitrogen and oxygen atoms in total. The Balaban J connectivity index is 0. The van der Waals surface area contributed by atoms with E-state index in [1.165, 1.54) is 0 Å². The van der Waals surface area contributed by atoms with Gasteiger partial charge in [0.25, 0.3) is 0 Å². The maximum absolute atomic E-state index is 5.13. The van der Waals surface area contributed by atoms with E-state index in [9.17, 15) is 0 Å². The summed E-state index contributed by atoms with van der Waals surface area (Å²) in [6, 6.07) is 0. The molecule has 7 heavy (non-hydrogen) atoms. The van der Waals surface area contributed by atoms with E-state index in [-0.39, 0.29) is 12.4 Å². The molecule has 0 fully saturated rings. The van der Waals surface area contributed by atoms with Crippen LogP contribution in [0.25, 0.3) is 0 Å². The Kier molecular flexibility index (Phi) is 11.3. The standard InChI is InChI=1S/C4H9O.ClH.Hg/c1-3-5-4-2;;/h3H,4H2,1-2H3;1H;. The third-order valence-corrected chi connectivity index (χ3v) is 1.37. The van der Waals surface area contributed by atoms with Gasteiger partial charge in [-0.2, -0.15) is 0 Å². The third kappa shape index (κ3) is 11.0. The van der Waals surface area contributed by atoms with Crippen molar-refractivity contribution in [2.45, 2.75) is 17.5 Å². The summed E-state index contributed by atoms with van der Waals surface area (Å²) in [7, 11) is 0. The molecular formula is C4H10ClHgO. The molecule has 0 aromatic heterocycles. The smallest absolute Gasteiger partial charge is 0.147 e. The van der Waals surface area contributed by atoms with E-state index in [0.717, 1.165) is 32.7 Å². The van der Waals surface area contributed by atoms with Crippen molar-refractivity contribution in [3.05, 3.63) is 0 Å². The van der Waals surface area contributed by atoms with Crippen LogP contribution in [0.1, 0.15) is 13.8 Å². The van der Waals surface area contributed by atoms with E-state index in [4.69, 9.17) is 4.74 Å². The summed E-state index contributed by atoms with van der Waals surface area (Å²) in [5.74, 6) is 0. The van der Waals surface area contributed by atoms with Crippen molar-refractivity contribution in [2.24, 2.45) is 0 Å². The van der Waals surface area contributed by atoms with E-state index >= 15 is 0 Å². The van der Waals surface area contributed by atoms with Crippen LogP contribution in [0.5, 0.6) is 0 Å². The minimum Gasteiger partial charge on any atom is -0.147 e. The molecule has 0 aliphatic carbocycles. The second-order valence-electron chi connectivity index (χ2n) is 1.27. The Bertz CT molecular complexity index is 32.9. The Hall–Kier alpha value is 1.19. The molecule has 41 valence electrons. The molecule has 0 aromatic carbocycles. The largest absolute Gasteiger partial charge is 0.147 e. The van der Waals surface area contributed by atoms with Gasteiger partial charge in [0.05, 0.1) is 0 Å². The van der Waals surface area contributed by atoms with Crippen LogP contribution in [-0.2, 0) is 30.9 Å². The first-order valence-corrected chi connectivity index (χ1v) is 5.39. The SMILES string of the molecule is CCO[CH](C)[Hg].Cl. The quantitative estimate of drug-likeness (QED) is 0.700. The molecule has 0 radical (unpaired) electrons. The summed E-state index contributed by atoms with van der Waals surface area (Å²) < 4.78 is 5.72. The van der Waals surface area contributed by atoms with Crippen molar-refractivity contribution < 1.29 is 30.9 Å². The van der Waals surface area contributed by atoms with Gasteiger partial charge in [-0.3, -0.25) is 0 Å². The Morgan fingerprint density at radius 2 is 2.14 bits per heavy atom. The second kappa shape index (κ2) is 7.19. The summed E-state index contributed by atoms with van der Waals surface area (Å²) in [5, 5.41) is 0. The second-order valence-corrected chi connectivity index (χ2v) is 5.74. The van der Waals surface area contributed by atoms with Crippen molar-refractivity contribution >= 4 is 12.4 Å². The van der Waals surface area contributed by atoms with E-state index in [1.54, 1.807) is 0 Å². The maximum atomic E-state index is 5.13. The number of halogens is 1. The monoisotopic (exact) mass is 311 g/mol. The number of rotatable bonds is 2. The summed E-state index contributed by atoms with van der Waals surface area (Å²) in [6.07, 6.45) is 0. The van der Waals surface area contributed by atoms with E-state index in [2.05, 4.69) is 6.92 Å². The first kappa shape index (κ1) is 11.0. The third-order valence-electron chi connectivity index (χ3n) is 0.451. The van der Waals surface area contributed by atoms with Crippen LogP contribution in [-0.4, -0.2) is 10.2 Å². The number of hydrogen-bond acceptors (Lipinski definition) is 1. The molecule has 0 N–H and O–H groups in total. The Morgan fingerprint density at radius 3 is 2.14 bits per heavy atom. The van der Waals surface area contributed by atoms with Gasteiger partial charge in [0, 0.05) is 0 Å². The van der Waals surface area contributed by atoms with Gasteiger partial charge in [-0.1, -0.05) is 0 Å². The normalized spacial score (nSPS) is 12.6. The fraction of sp³-hybridized carbons (Fsp3) is 1.00. The summed E-state index contributed by atoms with van der Waals surface area (Å²) >= 11 is 0.806. The molecule has 0 heterocycles. The van der Waals surface area contributed by atoms with Crippen LogP contribution in [0, 0.1) is 0 Å². The summed E-state index contributed by atoms with van der Waals surface area (Å²) in [6.45, 7) is 5.03. The van der Waals surface area contributed by atoms with Gasteiger partial charge >= 0.3 is 54.9 Å². The zero-order valence-corrected chi connectivity index (χ0v) is 11.1. The van der Waals surface area contributed by atoms with Crippen LogP contribution >= 0.6 is 12.4 Å². The first-order chi connectivity index (χ1) is 2.77. The molecule has 1 atom stereocenters. The van der Waals surface area contributed by atoms with E-state index in [0.29, 0.717) is 3.61 Å². The average Bonchev–Trinajstić information content (AvgIpc) is 1.35. The van der Waals surface area contributed by atoms with Gasteiger partial charge < -0.3 is 0 Å². The minimum absolute atomic E-state index is 0. The van der Waals surface area contributed by atoms with Crippen molar-refractivity contribution in [1.29, 1.82) is 0 Å². The topological polar surface area (TPSA) is 9.23 Å². The van der Waals surface area contributed by atoms with Gasteiger partial charge in [-0.05, 0) is 0 Å². The zero-order chi connectivity index (χ0) is 4.99. The molecule has 0 saturated heterocycles. The fourth-order valence-electron chi connectivity index (χ4n) is 0.285. The first-order valence-electron chi connectivity index (χ1n) is 2.22. The predicted molar refractivity (Wildman–Crippen MR) is 28.3 cm³/mol. The van der Waals surface area contributed by atoms with E-state index < -0.39 is 0 Å². The van der Waals surface area contributed by atoms with Crippen LogP contribution in [0.2, 0.25) is 0 Å². The summed E-state index contributed by atoms with van der Waals surface area (Å²) in [5.41, 5.74) is 0. The van der Waals surface area contributed by atoms with Crippen LogP contribution < -0.4 is 0 Å². The van der Waals surface area contributed by atoms with Gasteiger partial charge in [0.1, 0.15) is 0 Å². The molecular weight excluding hydrogens is 300 g/mol. The van der Waals surface area contributed by atoms with Crippen LogP contribution in [0.4, 0.5) is 0 Å². The molecule has 0 rings (SSSR count). The molecule has 0 aliphatic heterocycles. The Labute approximate surface area is 67.2 Å². The van der Waals surface area contributed by atoms with Gasteiger partial charge in [-0.25, -0.2) is 0 Å². The fourth-order valence-corrected chi connectivity index (χ4v) is 1.20. The van der Waals surface area contributed by atoms with E-state index in [1.807, 2.05) is 6.92 Å². The molecule has 0 aromatic rings. The van der Waals surface area contributed by atoms with Crippen molar-refractivity contribution in [3.63, 3.8) is 0 Å². The molecule has 0 saturated carbocycles. The van der Waals surface area contributed by atoms with Gasteiger partial charge in [0.2, 0.25) is 0 Å². The zero-order valence-electron chi connectivity index (χ0n) is 4.81. The minimum atomic E-state index is 0. The van der Waals surface area contributed by atoms with Crippen molar-refractivity contribution in [1.82, 2.24) is 0 Å².